The summed E-state index contributed by atoms with van der Waals surface area (Å²) >= 11 is 0. The number of aliphatic carboxylic acids is 1. The van der Waals surface area contributed by atoms with E-state index in [1.807, 2.05) is 7.05 Å². The molecule has 76 valence electrons. The molecule has 14 heavy (non-hydrogen) atoms. The summed E-state index contributed by atoms with van der Waals surface area (Å²) in [5.74, 6) is -1.02. The summed E-state index contributed by atoms with van der Waals surface area (Å²) in [4.78, 5) is 10.7. The van der Waals surface area contributed by atoms with Crippen molar-refractivity contribution in [1.29, 1.82) is 0 Å². The zero-order chi connectivity index (χ0) is 10.3. The van der Waals surface area contributed by atoms with Gasteiger partial charge in [0.15, 0.2) is 0 Å². The van der Waals surface area contributed by atoms with E-state index in [9.17, 15) is 4.79 Å². The molecular formula is C9H13N3O2. The van der Waals surface area contributed by atoms with E-state index >= 15 is 0 Å². The van der Waals surface area contributed by atoms with Crippen molar-refractivity contribution in [2.45, 2.75) is 25.3 Å². The van der Waals surface area contributed by atoms with Crippen molar-refractivity contribution in [2.75, 3.05) is 0 Å². The molecule has 5 heteroatoms. The monoisotopic (exact) mass is 195 g/mol. The van der Waals surface area contributed by atoms with Gasteiger partial charge in [-0.15, -0.1) is 0 Å². The summed E-state index contributed by atoms with van der Waals surface area (Å²) in [7, 11) is 1.84. The predicted molar refractivity (Wildman–Crippen MR) is 49.8 cm³/mol. The highest BCUT2D eigenvalue weighted by molar-refractivity contribution is 5.75. The van der Waals surface area contributed by atoms with E-state index in [-0.39, 0.29) is 0 Å². The third kappa shape index (κ3) is 1.21. The Morgan fingerprint density at radius 1 is 1.64 bits per heavy atom. The maximum absolute atomic E-state index is 10.7. The third-order valence-corrected chi connectivity index (χ3v) is 2.71. The van der Waals surface area contributed by atoms with Crippen molar-refractivity contribution < 1.29 is 9.90 Å². The second-order valence-electron chi connectivity index (χ2n) is 3.60. The van der Waals surface area contributed by atoms with Crippen molar-refractivity contribution in [1.82, 2.24) is 9.78 Å². The lowest BCUT2D eigenvalue weighted by molar-refractivity contribution is -0.138. The van der Waals surface area contributed by atoms with Gasteiger partial charge in [0.05, 0.1) is 5.69 Å². The minimum absolute atomic E-state index is 0.535. The molecule has 1 heterocycles. The molecule has 3 N–H and O–H groups in total. The van der Waals surface area contributed by atoms with Gasteiger partial charge in [-0.05, 0) is 24.8 Å². The van der Waals surface area contributed by atoms with Crippen molar-refractivity contribution in [3.05, 3.63) is 17.0 Å². The molecule has 1 aliphatic carbocycles. The second kappa shape index (κ2) is 3.09. The highest BCUT2D eigenvalue weighted by Crippen LogP contribution is 2.27. The highest BCUT2D eigenvalue weighted by Gasteiger charge is 2.27. The molecule has 1 unspecified atom stereocenters. The average Bonchev–Trinajstić information content (AvgIpc) is 2.68. The van der Waals surface area contributed by atoms with E-state index < -0.39 is 12.0 Å². The Balaban J connectivity index is 2.44. The minimum atomic E-state index is -1.02. The largest absolute Gasteiger partial charge is 0.480 e. The quantitative estimate of drug-likeness (QED) is 0.695. The van der Waals surface area contributed by atoms with Crippen LogP contribution in [0.1, 0.15) is 29.4 Å². The zero-order valence-corrected chi connectivity index (χ0v) is 8.03. The van der Waals surface area contributed by atoms with E-state index in [1.165, 1.54) is 0 Å². The van der Waals surface area contributed by atoms with Gasteiger partial charge in [-0.25, -0.2) is 0 Å². The fraction of sp³-hybridized carbons (Fsp3) is 0.556. The topological polar surface area (TPSA) is 81.1 Å². The van der Waals surface area contributed by atoms with E-state index in [4.69, 9.17) is 10.8 Å². The molecule has 0 bridgehead atoms. The van der Waals surface area contributed by atoms with Crippen molar-refractivity contribution >= 4 is 5.97 Å². The Labute approximate surface area is 81.5 Å². The van der Waals surface area contributed by atoms with Gasteiger partial charge in [0.2, 0.25) is 0 Å². The van der Waals surface area contributed by atoms with Crippen LogP contribution in [0.15, 0.2) is 0 Å². The van der Waals surface area contributed by atoms with E-state index in [1.54, 1.807) is 4.68 Å². The van der Waals surface area contributed by atoms with Gasteiger partial charge in [-0.2, -0.15) is 5.10 Å². The summed E-state index contributed by atoms with van der Waals surface area (Å²) in [5.41, 5.74) is 8.26. The first-order valence-corrected chi connectivity index (χ1v) is 4.64. The van der Waals surface area contributed by atoms with Gasteiger partial charge in [-0.3, -0.25) is 9.48 Å². The number of fused-ring (bicyclic) bond motifs is 1. The minimum Gasteiger partial charge on any atom is -0.480 e. The highest BCUT2D eigenvalue weighted by atomic mass is 16.4. The Hall–Kier alpha value is -1.36. The molecule has 0 aromatic carbocycles. The third-order valence-electron chi connectivity index (χ3n) is 2.71. The summed E-state index contributed by atoms with van der Waals surface area (Å²) in [6, 6.07) is -0.983. The summed E-state index contributed by atoms with van der Waals surface area (Å²) < 4.78 is 1.75. The van der Waals surface area contributed by atoms with Crippen LogP contribution in [0.5, 0.6) is 0 Å². The number of carboxylic acids is 1. The Morgan fingerprint density at radius 2 is 2.36 bits per heavy atom. The molecule has 0 saturated heterocycles. The zero-order valence-electron chi connectivity index (χ0n) is 8.03. The average molecular weight is 195 g/mol. The smallest absolute Gasteiger partial charge is 0.326 e. The van der Waals surface area contributed by atoms with Gasteiger partial charge >= 0.3 is 5.97 Å². The second-order valence-corrected chi connectivity index (χ2v) is 3.60. The first kappa shape index (κ1) is 9.21. The Kier molecular flexibility index (Phi) is 2.03. The van der Waals surface area contributed by atoms with Crippen molar-refractivity contribution in [3.63, 3.8) is 0 Å². The van der Waals surface area contributed by atoms with Gasteiger partial charge in [0, 0.05) is 12.7 Å². The van der Waals surface area contributed by atoms with Crippen LogP contribution >= 0.6 is 0 Å². The Bertz CT molecular complexity index is 384. The number of rotatable bonds is 2. The molecule has 0 amide bonds. The lowest BCUT2D eigenvalue weighted by Crippen LogP contribution is -2.22. The van der Waals surface area contributed by atoms with Crippen LogP contribution in [0.4, 0.5) is 0 Å². The van der Waals surface area contributed by atoms with Crippen LogP contribution in [0.2, 0.25) is 0 Å². The number of carboxylic acid groups (broad SMARTS) is 1. The maximum atomic E-state index is 10.7. The molecule has 0 spiro atoms. The van der Waals surface area contributed by atoms with Crippen LogP contribution in [-0.4, -0.2) is 20.9 Å². The molecule has 0 saturated carbocycles. The molecule has 1 aliphatic rings. The summed E-state index contributed by atoms with van der Waals surface area (Å²) in [6.07, 6.45) is 2.95. The van der Waals surface area contributed by atoms with Crippen LogP contribution < -0.4 is 5.73 Å². The molecular weight excluding hydrogens is 182 g/mol. The van der Waals surface area contributed by atoms with Crippen LogP contribution in [-0.2, 0) is 24.7 Å². The lowest BCUT2D eigenvalue weighted by atomic mass is 10.1. The van der Waals surface area contributed by atoms with Crippen LogP contribution in [0.25, 0.3) is 0 Å². The fourth-order valence-electron chi connectivity index (χ4n) is 2.01. The molecule has 5 nitrogen and oxygen atoms in total. The number of nitrogens with two attached hydrogens (primary N) is 1. The standard InChI is InChI=1S/C9H13N3O2/c1-12-6-4-2-3-5(6)8(11-12)7(10)9(13)14/h7H,2-4,10H2,1H3,(H,13,14). The lowest BCUT2D eigenvalue weighted by Gasteiger charge is -2.03. The molecule has 1 aromatic rings. The summed E-state index contributed by atoms with van der Waals surface area (Å²) in [5, 5.41) is 13.0. The van der Waals surface area contributed by atoms with Crippen molar-refractivity contribution in [3.8, 4) is 0 Å². The van der Waals surface area contributed by atoms with E-state index in [0.717, 1.165) is 30.5 Å². The first-order valence-electron chi connectivity index (χ1n) is 4.64. The molecule has 1 aromatic heterocycles. The van der Waals surface area contributed by atoms with E-state index in [0.29, 0.717) is 5.69 Å². The normalized spacial score (nSPS) is 16.7. The number of aromatic nitrogens is 2. The molecule has 2 rings (SSSR count). The molecule has 0 radical (unpaired) electrons. The van der Waals surface area contributed by atoms with E-state index in [2.05, 4.69) is 5.10 Å². The fourth-order valence-corrected chi connectivity index (χ4v) is 2.01. The predicted octanol–water partition coefficient (Wildman–Crippen LogP) is -0.00680. The number of hydrogen-bond donors (Lipinski definition) is 2. The molecule has 0 aliphatic heterocycles. The van der Waals surface area contributed by atoms with Gasteiger partial charge in [0.25, 0.3) is 0 Å². The number of hydrogen-bond acceptors (Lipinski definition) is 3. The van der Waals surface area contributed by atoms with Gasteiger partial charge < -0.3 is 10.8 Å². The maximum Gasteiger partial charge on any atom is 0.326 e. The van der Waals surface area contributed by atoms with Gasteiger partial charge in [-0.1, -0.05) is 0 Å². The van der Waals surface area contributed by atoms with Crippen LogP contribution in [0, 0.1) is 0 Å². The molecule has 0 fully saturated rings. The number of carbonyl (C=O) groups is 1. The van der Waals surface area contributed by atoms with Gasteiger partial charge in [0.1, 0.15) is 6.04 Å². The number of aryl methyl sites for hydroxylation is 1. The number of nitrogens with zero attached hydrogens (tertiary/aromatic N) is 2. The molecule has 1 atom stereocenters. The first-order chi connectivity index (χ1) is 6.61. The summed E-state index contributed by atoms with van der Waals surface area (Å²) in [6.45, 7) is 0. The SMILES string of the molecule is Cn1nc(C(N)C(=O)O)c2c1CCC2. The van der Waals surface area contributed by atoms with Crippen molar-refractivity contribution in [2.24, 2.45) is 12.8 Å². The Morgan fingerprint density at radius 3 is 3.00 bits per heavy atom. The van der Waals surface area contributed by atoms with Crippen LogP contribution in [0.3, 0.4) is 0 Å².